The molecule has 0 aliphatic carbocycles. The Morgan fingerprint density at radius 3 is 2.29 bits per heavy atom. The molecule has 0 amide bonds. The van der Waals surface area contributed by atoms with E-state index in [1.165, 1.54) is 5.57 Å². The minimum atomic E-state index is 0.474. The Bertz CT molecular complexity index is 417. The summed E-state index contributed by atoms with van der Waals surface area (Å²) in [6, 6.07) is 8.17. The number of allylic oxidation sites excluding steroid dienone is 3. The molecule has 0 unspecified atom stereocenters. The van der Waals surface area contributed by atoms with E-state index < -0.39 is 0 Å². The second-order valence-electron chi connectivity index (χ2n) is 4.36. The third kappa shape index (κ3) is 3.38. The van der Waals surface area contributed by atoms with Crippen LogP contribution in [0.25, 0.3) is 0 Å². The Balaban J connectivity index is 3.01. The molecule has 1 aromatic rings. The summed E-state index contributed by atoms with van der Waals surface area (Å²) in [5, 5.41) is 6.62. The lowest BCUT2D eigenvalue weighted by molar-refractivity contribution is 0.781. The number of para-hydroxylation sites is 2. The zero-order chi connectivity index (χ0) is 12.8. The van der Waals surface area contributed by atoms with Gasteiger partial charge in [-0.3, -0.25) is 0 Å². The van der Waals surface area contributed by atoms with Crippen LogP contribution < -0.4 is 10.6 Å². The Hall–Kier alpha value is -1.70. The molecule has 0 atom stereocenters. The molecule has 0 aliphatic rings. The first-order chi connectivity index (χ1) is 8.10. The second-order valence-corrected chi connectivity index (χ2v) is 4.36. The summed E-state index contributed by atoms with van der Waals surface area (Å²) in [4.78, 5) is 0. The highest BCUT2D eigenvalue weighted by Gasteiger charge is 2.05. The van der Waals surface area contributed by atoms with Gasteiger partial charge < -0.3 is 10.6 Å². The van der Waals surface area contributed by atoms with Crippen molar-refractivity contribution in [3.8, 4) is 0 Å². The maximum Gasteiger partial charge on any atom is 0.0617 e. The molecule has 17 heavy (non-hydrogen) atoms. The summed E-state index contributed by atoms with van der Waals surface area (Å²) in [5.41, 5.74) is 4.58. The van der Waals surface area contributed by atoms with Crippen LogP contribution in [0.15, 0.2) is 48.2 Å². The molecule has 92 valence electrons. The van der Waals surface area contributed by atoms with Crippen molar-refractivity contribution in [3.05, 3.63) is 48.2 Å². The highest BCUT2D eigenvalue weighted by Crippen LogP contribution is 2.24. The normalized spacial score (nSPS) is 12.1. The first-order valence-electron chi connectivity index (χ1n) is 5.97. The van der Waals surface area contributed by atoms with E-state index in [4.69, 9.17) is 0 Å². The molecule has 0 aliphatic heterocycles. The van der Waals surface area contributed by atoms with Crippen molar-refractivity contribution in [2.24, 2.45) is 5.92 Å². The molecule has 0 saturated carbocycles. The molecular weight excluding hydrogens is 208 g/mol. The fraction of sp³-hybridized carbons (Fsp3) is 0.333. The number of hydrogen-bond donors (Lipinski definition) is 2. The van der Waals surface area contributed by atoms with Crippen LogP contribution in [0.3, 0.4) is 0 Å². The molecule has 0 aromatic heterocycles. The van der Waals surface area contributed by atoms with Crippen molar-refractivity contribution < 1.29 is 0 Å². The summed E-state index contributed by atoms with van der Waals surface area (Å²) in [7, 11) is 1.93. The summed E-state index contributed by atoms with van der Waals surface area (Å²) < 4.78 is 0. The van der Waals surface area contributed by atoms with Crippen LogP contribution in [-0.4, -0.2) is 7.05 Å². The molecule has 0 radical (unpaired) electrons. The quantitative estimate of drug-likeness (QED) is 0.739. The molecular formula is C15H22N2. The highest BCUT2D eigenvalue weighted by molar-refractivity contribution is 5.70. The van der Waals surface area contributed by atoms with Gasteiger partial charge in [0.25, 0.3) is 0 Å². The average Bonchev–Trinajstić information content (AvgIpc) is 2.30. The third-order valence-corrected chi connectivity index (χ3v) is 2.79. The molecule has 2 nitrogen and oxygen atoms in total. The topological polar surface area (TPSA) is 24.1 Å². The zero-order valence-corrected chi connectivity index (χ0v) is 11.2. The van der Waals surface area contributed by atoms with Crippen LogP contribution in [0, 0.1) is 5.92 Å². The Morgan fingerprint density at radius 2 is 1.82 bits per heavy atom. The van der Waals surface area contributed by atoms with Gasteiger partial charge in [-0.2, -0.15) is 0 Å². The third-order valence-electron chi connectivity index (χ3n) is 2.79. The standard InChI is InChI=1S/C15H22N2/c1-6-13(11(2)3)12(4)17-15-10-8-7-9-14(15)16-5/h6-11,16-17H,1H2,2-5H3/b13-12-. The van der Waals surface area contributed by atoms with Crippen LogP contribution in [0.5, 0.6) is 0 Å². The minimum absolute atomic E-state index is 0.474. The molecule has 1 aromatic carbocycles. The number of hydrogen-bond acceptors (Lipinski definition) is 2. The van der Waals surface area contributed by atoms with Gasteiger partial charge in [-0.25, -0.2) is 0 Å². The van der Waals surface area contributed by atoms with Crippen LogP contribution in [0.4, 0.5) is 11.4 Å². The Morgan fingerprint density at radius 1 is 1.24 bits per heavy atom. The fourth-order valence-electron chi connectivity index (χ4n) is 1.91. The van der Waals surface area contributed by atoms with Gasteiger partial charge in [0.1, 0.15) is 0 Å². The number of benzene rings is 1. The highest BCUT2D eigenvalue weighted by atomic mass is 14.9. The van der Waals surface area contributed by atoms with Gasteiger partial charge in [0.2, 0.25) is 0 Å². The molecule has 0 fully saturated rings. The van der Waals surface area contributed by atoms with Crippen molar-refractivity contribution in [3.63, 3.8) is 0 Å². The van der Waals surface area contributed by atoms with Gasteiger partial charge in [-0.05, 0) is 30.5 Å². The number of anilines is 2. The number of rotatable bonds is 5. The van der Waals surface area contributed by atoms with Gasteiger partial charge >= 0.3 is 0 Å². The van der Waals surface area contributed by atoms with E-state index in [1.807, 2.05) is 25.3 Å². The van der Waals surface area contributed by atoms with Crippen molar-refractivity contribution in [2.45, 2.75) is 20.8 Å². The van der Waals surface area contributed by atoms with E-state index in [2.05, 4.69) is 50.1 Å². The predicted molar refractivity (Wildman–Crippen MR) is 77.3 cm³/mol. The van der Waals surface area contributed by atoms with Crippen molar-refractivity contribution in [2.75, 3.05) is 17.7 Å². The Kier molecular flexibility index (Phi) is 4.83. The van der Waals surface area contributed by atoms with Crippen molar-refractivity contribution >= 4 is 11.4 Å². The molecule has 1 rings (SSSR count). The van der Waals surface area contributed by atoms with E-state index >= 15 is 0 Å². The Labute approximate surface area is 104 Å². The summed E-state index contributed by atoms with van der Waals surface area (Å²) in [6.45, 7) is 10.3. The van der Waals surface area contributed by atoms with Crippen LogP contribution in [0.2, 0.25) is 0 Å². The largest absolute Gasteiger partial charge is 0.386 e. The van der Waals surface area contributed by atoms with Crippen molar-refractivity contribution in [1.29, 1.82) is 0 Å². The lowest BCUT2D eigenvalue weighted by Gasteiger charge is -2.16. The van der Waals surface area contributed by atoms with E-state index in [1.54, 1.807) is 0 Å². The lowest BCUT2D eigenvalue weighted by Crippen LogP contribution is -2.05. The molecule has 0 spiro atoms. The monoisotopic (exact) mass is 230 g/mol. The predicted octanol–water partition coefficient (Wildman–Crippen LogP) is 4.26. The summed E-state index contributed by atoms with van der Waals surface area (Å²) >= 11 is 0. The SMILES string of the molecule is C=C/C(=C(\C)Nc1ccccc1NC)C(C)C. The minimum Gasteiger partial charge on any atom is -0.386 e. The van der Waals surface area contributed by atoms with Crippen LogP contribution >= 0.6 is 0 Å². The van der Waals surface area contributed by atoms with E-state index in [0.717, 1.165) is 17.1 Å². The molecule has 0 bridgehead atoms. The van der Waals surface area contributed by atoms with Gasteiger partial charge in [0.05, 0.1) is 11.4 Å². The van der Waals surface area contributed by atoms with E-state index in [9.17, 15) is 0 Å². The van der Waals surface area contributed by atoms with Crippen LogP contribution in [0.1, 0.15) is 20.8 Å². The summed E-state index contributed by atoms with van der Waals surface area (Å²) in [5.74, 6) is 0.474. The molecule has 0 saturated heterocycles. The van der Waals surface area contributed by atoms with Gasteiger partial charge in [-0.15, -0.1) is 0 Å². The second kappa shape index (κ2) is 6.14. The summed E-state index contributed by atoms with van der Waals surface area (Å²) in [6.07, 6.45) is 1.93. The maximum atomic E-state index is 3.87. The molecule has 2 heteroatoms. The first-order valence-corrected chi connectivity index (χ1v) is 5.97. The maximum absolute atomic E-state index is 3.87. The zero-order valence-electron chi connectivity index (χ0n) is 11.2. The van der Waals surface area contributed by atoms with E-state index in [-0.39, 0.29) is 0 Å². The van der Waals surface area contributed by atoms with Crippen molar-refractivity contribution in [1.82, 2.24) is 0 Å². The fourth-order valence-corrected chi connectivity index (χ4v) is 1.91. The number of nitrogens with one attached hydrogen (secondary N) is 2. The van der Waals surface area contributed by atoms with Gasteiger partial charge in [0, 0.05) is 12.7 Å². The molecule has 0 heterocycles. The van der Waals surface area contributed by atoms with Gasteiger partial charge in [0.15, 0.2) is 0 Å². The lowest BCUT2D eigenvalue weighted by atomic mass is 10.0. The average molecular weight is 230 g/mol. The van der Waals surface area contributed by atoms with Crippen LogP contribution in [-0.2, 0) is 0 Å². The smallest absolute Gasteiger partial charge is 0.0617 e. The first kappa shape index (κ1) is 13.4. The van der Waals surface area contributed by atoms with Gasteiger partial charge in [-0.1, -0.05) is 38.6 Å². The molecule has 2 N–H and O–H groups in total. The van der Waals surface area contributed by atoms with E-state index in [0.29, 0.717) is 5.92 Å².